The molecule has 0 aromatic heterocycles. The van der Waals surface area contributed by atoms with Gasteiger partial charge < -0.3 is 15.2 Å². The van der Waals surface area contributed by atoms with Gasteiger partial charge in [0.1, 0.15) is 5.75 Å². The van der Waals surface area contributed by atoms with Crippen molar-refractivity contribution in [3.8, 4) is 5.75 Å². The number of benzene rings is 1. The van der Waals surface area contributed by atoms with Gasteiger partial charge in [-0.1, -0.05) is 12.1 Å². The molecule has 2 heterocycles. The number of rotatable bonds is 2. The summed E-state index contributed by atoms with van der Waals surface area (Å²) in [6.45, 7) is 0. The highest BCUT2D eigenvalue weighted by Gasteiger charge is 2.45. The van der Waals surface area contributed by atoms with Crippen LogP contribution in [0.5, 0.6) is 5.75 Å². The number of methoxy groups -OCH3 is 1. The lowest BCUT2D eigenvalue weighted by Crippen LogP contribution is -2.47. The van der Waals surface area contributed by atoms with Crippen LogP contribution in [0.15, 0.2) is 24.3 Å². The Balaban J connectivity index is 1.97. The molecule has 2 aliphatic rings. The van der Waals surface area contributed by atoms with Gasteiger partial charge in [-0.3, -0.25) is 0 Å². The molecule has 2 saturated heterocycles. The fraction of sp³-hybridized carbons (Fsp3) is 0.571. The van der Waals surface area contributed by atoms with Gasteiger partial charge in [0.05, 0.1) is 5.60 Å². The van der Waals surface area contributed by atoms with E-state index in [-0.39, 0.29) is 5.60 Å². The van der Waals surface area contributed by atoms with Gasteiger partial charge >= 0.3 is 0 Å². The number of hydrogen-bond acceptors (Lipinski definition) is 3. The maximum Gasteiger partial charge on any atom is 0.115 e. The molecular formula is C14H19NO2. The fourth-order valence-corrected chi connectivity index (χ4v) is 3.41. The Bertz CT molecular complexity index is 406. The molecule has 2 fully saturated rings. The summed E-state index contributed by atoms with van der Waals surface area (Å²) in [6.07, 6.45) is 4.50. The lowest BCUT2D eigenvalue weighted by molar-refractivity contribution is -0.0528. The Morgan fingerprint density at radius 3 is 2.59 bits per heavy atom. The van der Waals surface area contributed by atoms with Crippen LogP contribution in [-0.2, 0) is 10.3 Å². The molecule has 17 heavy (non-hydrogen) atoms. The minimum atomic E-state index is -0.212. The zero-order valence-electron chi connectivity index (χ0n) is 10.1. The van der Waals surface area contributed by atoms with E-state index >= 15 is 0 Å². The highest BCUT2D eigenvalue weighted by atomic mass is 16.5. The molecule has 0 saturated carbocycles. The molecule has 0 spiro atoms. The second-order valence-electron chi connectivity index (χ2n) is 5.29. The van der Waals surface area contributed by atoms with Gasteiger partial charge in [-0.05, 0) is 43.4 Å². The Labute approximate surface area is 102 Å². The largest absolute Gasteiger partial charge is 0.508 e. The quantitative estimate of drug-likeness (QED) is 0.822. The first-order valence-corrected chi connectivity index (χ1v) is 6.32. The van der Waals surface area contributed by atoms with Crippen LogP contribution in [0.2, 0.25) is 0 Å². The van der Waals surface area contributed by atoms with Gasteiger partial charge in [-0.2, -0.15) is 0 Å². The molecule has 3 nitrogen and oxygen atoms in total. The van der Waals surface area contributed by atoms with E-state index < -0.39 is 0 Å². The van der Waals surface area contributed by atoms with Crippen molar-refractivity contribution in [3.63, 3.8) is 0 Å². The molecule has 2 unspecified atom stereocenters. The van der Waals surface area contributed by atoms with Gasteiger partial charge in [0.25, 0.3) is 0 Å². The number of ether oxygens (including phenoxy) is 1. The summed E-state index contributed by atoms with van der Waals surface area (Å²) >= 11 is 0. The number of phenolic OH excluding ortho intramolecular Hbond substituents is 1. The first kappa shape index (κ1) is 11.1. The fourth-order valence-electron chi connectivity index (χ4n) is 3.41. The van der Waals surface area contributed by atoms with Crippen LogP contribution in [0.3, 0.4) is 0 Å². The summed E-state index contributed by atoms with van der Waals surface area (Å²) in [4.78, 5) is 0. The first-order chi connectivity index (χ1) is 8.22. The summed E-state index contributed by atoms with van der Waals surface area (Å²) in [7, 11) is 1.79. The van der Waals surface area contributed by atoms with E-state index in [0.717, 1.165) is 18.4 Å². The molecule has 0 amide bonds. The van der Waals surface area contributed by atoms with Gasteiger partial charge in [0.2, 0.25) is 0 Å². The molecule has 0 radical (unpaired) electrons. The minimum absolute atomic E-state index is 0.212. The third-order valence-electron chi connectivity index (χ3n) is 4.25. The van der Waals surface area contributed by atoms with E-state index in [1.54, 1.807) is 13.2 Å². The van der Waals surface area contributed by atoms with Gasteiger partial charge in [-0.25, -0.2) is 0 Å². The Kier molecular flexibility index (Phi) is 2.60. The molecular weight excluding hydrogens is 214 g/mol. The maximum absolute atomic E-state index is 9.63. The highest BCUT2D eigenvalue weighted by molar-refractivity contribution is 5.33. The topological polar surface area (TPSA) is 41.5 Å². The summed E-state index contributed by atoms with van der Waals surface area (Å²) in [6, 6.07) is 8.65. The second kappa shape index (κ2) is 4.00. The molecule has 0 aliphatic carbocycles. The predicted octanol–water partition coefficient (Wildman–Crippen LogP) is 2.15. The molecule has 1 aromatic carbocycles. The van der Waals surface area contributed by atoms with Crippen molar-refractivity contribution in [1.29, 1.82) is 0 Å². The highest BCUT2D eigenvalue weighted by Crippen LogP contribution is 2.43. The molecule has 2 bridgehead atoms. The van der Waals surface area contributed by atoms with Crippen molar-refractivity contribution in [2.24, 2.45) is 0 Å². The Morgan fingerprint density at radius 2 is 2.00 bits per heavy atom. The monoisotopic (exact) mass is 233 g/mol. The average Bonchev–Trinajstić information content (AvgIpc) is 2.69. The lowest BCUT2D eigenvalue weighted by Gasteiger charge is -2.40. The van der Waals surface area contributed by atoms with E-state index in [4.69, 9.17) is 4.74 Å². The average molecular weight is 233 g/mol. The van der Waals surface area contributed by atoms with E-state index in [1.807, 2.05) is 12.1 Å². The summed E-state index contributed by atoms with van der Waals surface area (Å²) in [5, 5.41) is 13.3. The normalized spacial score (nSPS) is 36.1. The van der Waals surface area contributed by atoms with E-state index in [2.05, 4.69) is 11.4 Å². The van der Waals surface area contributed by atoms with Crippen molar-refractivity contribution >= 4 is 0 Å². The summed E-state index contributed by atoms with van der Waals surface area (Å²) in [5.74, 6) is 0.324. The third-order valence-corrected chi connectivity index (χ3v) is 4.25. The van der Waals surface area contributed by atoms with Crippen LogP contribution in [-0.4, -0.2) is 24.3 Å². The van der Waals surface area contributed by atoms with Gasteiger partial charge in [0, 0.05) is 19.2 Å². The molecule has 1 aromatic rings. The molecule has 3 rings (SSSR count). The zero-order valence-corrected chi connectivity index (χ0v) is 10.1. The summed E-state index contributed by atoms with van der Waals surface area (Å²) < 4.78 is 5.85. The van der Waals surface area contributed by atoms with Crippen LogP contribution >= 0.6 is 0 Å². The minimum Gasteiger partial charge on any atom is -0.508 e. The standard InChI is InChI=1S/C14H19NO2/c1-17-14(10-3-2-4-13(16)7-10)8-11-5-6-12(9-14)15-11/h2-4,7,11-12,15-16H,5-6,8-9H2,1H3. The van der Waals surface area contributed by atoms with Gasteiger partial charge in [0.15, 0.2) is 0 Å². The number of phenols is 1. The van der Waals surface area contributed by atoms with Crippen LogP contribution in [0, 0.1) is 0 Å². The van der Waals surface area contributed by atoms with Crippen molar-refractivity contribution in [3.05, 3.63) is 29.8 Å². The van der Waals surface area contributed by atoms with Crippen LogP contribution in [0.25, 0.3) is 0 Å². The first-order valence-electron chi connectivity index (χ1n) is 6.32. The van der Waals surface area contributed by atoms with Crippen molar-refractivity contribution < 1.29 is 9.84 Å². The smallest absolute Gasteiger partial charge is 0.115 e. The van der Waals surface area contributed by atoms with E-state index in [1.165, 1.54) is 12.8 Å². The van der Waals surface area contributed by atoms with Crippen LogP contribution in [0.1, 0.15) is 31.2 Å². The van der Waals surface area contributed by atoms with Crippen LogP contribution < -0.4 is 5.32 Å². The number of fused-ring (bicyclic) bond motifs is 2. The number of aromatic hydroxyl groups is 1. The third kappa shape index (κ3) is 1.83. The van der Waals surface area contributed by atoms with E-state index in [9.17, 15) is 5.11 Å². The number of piperidine rings is 1. The van der Waals surface area contributed by atoms with Crippen molar-refractivity contribution in [1.82, 2.24) is 5.32 Å². The molecule has 92 valence electrons. The van der Waals surface area contributed by atoms with Crippen molar-refractivity contribution in [2.75, 3.05) is 7.11 Å². The number of nitrogens with one attached hydrogen (secondary N) is 1. The predicted molar refractivity (Wildman–Crippen MR) is 66.0 cm³/mol. The van der Waals surface area contributed by atoms with Crippen molar-refractivity contribution in [2.45, 2.75) is 43.4 Å². The maximum atomic E-state index is 9.63. The second-order valence-corrected chi connectivity index (χ2v) is 5.29. The van der Waals surface area contributed by atoms with Gasteiger partial charge in [-0.15, -0.1) is 0 Å². The Hall–Kier alpha value is -1.06. The van der Waals surface area contributed by atoms with Crippen LogP contribution in [0.4, 0.5) is 0 Å². The zero-order chi connectivity index (χ0) is 11.9. The Morgan fingerprint density at radius 1 is 1.29 bits per heavy atom. The SMILES string of the molecule is COC1(c2cccc(O)c2)CC2CCC(C1)N2. The number of hydrogen-bond donors (Lipinski definition) is 2. The molecule has 2 aliphatic heterocycles. The van der Waals surface area contributed by atoms with E-state index in [0.29, 0.717) is 17.8 Å². The molecule has 2 atom stereocenters. The molecule has 2 N–H and O–H groups in total. The lowest BCUT2D eigenvalue weighted by atomic mass is 9.81. The molecule has 3 heteroatoms. The summed E-state index contributed by atoms with van der Waals surface area (Å²) in [5.41, 5.74) is 0.897.